The second-order valence-corrected chi connectivity index (χ2v) is 13.6. The molecule has 7 nitrogen and oxygen atoms in total. The molecule has 0 radical (unpaired) electrons. The molecule has 1 aliphatic heterocycles. The lowest BCUT2D eigenvalue weighted by molar-refractivity contribution is 0.383. The zero-order chi connectivity index (χ0) is 35.0. The minimum atomic E-state index is -0.335. The van der Waals surface area contributed by atoms with Gasteiger partial charge in [-0.15, -0.1) is 0 Å². The molecule has 11 rings (SSSR count). The van der Waals surface area contributed by atoms with Crippen LogP contribution in [0, 0.1) is 0 Å². The first-order valence-electron chi connectivity index (χ1n) is 17.8. The number of amidine groups is 2. The molecule has 4 heterocycles. The molecule has 250 valence electrons. The summed E-state index contributed by atoms with van der Waals surface area (Å²) in [5, 5.41) is 5.67. The maximum absolute atomic E-state index is 5.39. The first-order valence-corrected chi connectivity index (χ1v) is 17.8. The molecule has 1 aliphatic rings. The second-order valence-electron chi connectivity index (χ2n) is 13.6. The molecule has 1 unspecified atom stereocenters. The Kier molecular flexibility index (Phi) is 6.39. The monoisotopic (exact) mass is 681 g/mol. The van der Waals surface area contributed by atoms with Gasteiger partial charge < -0.3 is 4.90 Å². The van der Waals surface area contributed by atoms with E-state index < -0.39 is 0 Å². The maximum atomic E-state index is 5.39. The lowest BCUT2D eigenvalue weighted by Crippen LogP contribution is -2.35. The van der Waals surface area contributed by atoms with Crippen LogP contribution in [0.15, 0.2) is 174 Å². The van der Waals surface area contributed by atoms with Crippen molar-refractivity contribution in [1.29, 1.82) is 0 Å². The highest BCUT2D eigenvalue weighted by atomic mass is 15.3. The lowest BCUT2D eigenvalue weighted by Gasteiger charge is -2.32. The number of imidazole rings is 1. The molecule has 1 atom stereocenters. The fraction of sp³-hybridized carbons (Fsp3) is 0.0435. The number of para-hydroxylation sites is 4. The Morgan fingerprint density at radius 2 is 1.21 bits per heavy atom. The van der Waals surface area contributed by atoms with Crippen molar-refractivity contribution < 1.29 is 0 Å². The molecule has 53 heavy (non-hydrogen) atoms. The van der Waals surface area contributed by atoms with Crippen molar-refractivity contribution in [2.24, 2.45) is 9.98 Å². The van der Waals surface area contributed by atoms with Crippen LogP contribution in [0.5, 0.6) is 0 Å². The van der Waals surface area contributed by atoms with E-state index in [1.54, 1.807) is 0 Å². The van der Waals surface area contributed by atoms with Crippen molar-refractivity contribution in [1.82, 2.24) is 23.8 Å². The predicted octanol–water partition coefficient (Wildman–Crippen LogP) is 10.1. The zero-order valence-electron chi connectivity index (χ0n) is 28.8. The summed E-state index contributed by atoms with van der Waals surface area (Å²) in [6.45, 7) is 0. The van der Waals surface area contributed by atoms with Crippen LogP contribution in [0.25, 0.3) is 66.1 Å². The number of rotatable bonds is 4. The molecule has 7 heteroatoms. The highest BCUT2D eigenvalue weighted by Gasteiger charge is 2.28. The summed E-state index contributed by atoms with van der Waals surface area (Å²) in [5.41, 5.74) is 8.92. The molecule has 0 fully saturated rings. The Balaban J connectivity index is 1.17. The average molecular weight is 682 g/mol. The van der Waals surface area contributed by atoms with Crippen LogP contribution in [0.2, 0.25) is 0 Å². The fourth-order valence-electron chi connectivity index (χ4n) is 7.99. The SMILES string of the molecule is CN1C(c2ccccc2)=NC(c2ccc3ccccc3c2)=NC1c1ccc2c3ccccc3n(-c3nc4ccccc4c4nc5ccccc5n34)c2c1. The number of hydrogen-bond donors (Lipinski definition) is 0. The molecule has 0 spiro atoms. The lowest BCUT2D eigenvalue weighted by atomic mass is 10.0. The van der Waals surface area contributed by atoms with Gasteiger partial charge in [-0.05, 0) is 58.8 Å². The molecule has 0 N–H and O–H groups in total. The molecular weight excluding hydrogens is 651 g/mol. The van der Waals surface area contributed by atoms with E-state index >= 15 is 0 Å². The van der Waals surface area contributed by atoms with Gasteiger partial charge in [-0.3, -0.25) is 8.97 Å². The molecule has 7 aromatic carbocycles. The van der Waals surface area contributed by atoms with Gasteiger partial charge in [0.2, 0.25) is 5.95 Å². The summed E-state index contributed by atoms with van der Waals surface area (Å²) in [6.07, 6.45) is -0.335. The Labute approximate surface area is 304 Å². The molecule has 0 bridgehead atoms. The van der Waals surface area contributed by atoms with Crippen molar-refractivity contribution in [2.75, 3.05) is 7.05 Å². The third-order valence-corrected chi connectivity index (χ3v) is 10.5. The van der Waals surface area contributed by atoms with Gasteiger partial charge in [-0.1, -0.05) is 121 Å². The normalized spacial score (nSPS) is 14.9. The summed E-state index contributed by atoms with van der Waals surface area (Å²) >= 11 is 0. The van der Waals surface area contributed by atoms with Crippen molar-refractivity contribution >= 4 is 71.8 Å². The van der Waals surface area contributed by atoms with Crippen LogP contribution < -0.4 is 0 Å². The van der Waals surface area contributed by atoms with Gasteiger partial charge in [-0.2, -0.15) is 0 Å². The summed E-state index contributed by atoms with van der Waals surface area (Å²) in [6, 6.07) is 57.2. The first-order chi connectivity index (χ1) is 26.2. The van der Waals surface area contributed by atoms with Gasteiger partial charge in [0.1, 0.15) is 11.5 Å². The minimum absolute atomic E-state index is 0.335. The van der Waals surface area contributed by atoms with Gasteiger partial charge in [0.25, 0.3) is 0 Å². The van der Waals surface area contributed by atoms with E-state index in [1.807, 2.05) is 18.2 Å². The fourth-order valence-corrected chi connectivity index (χ4v) is 7.99. The highest BCUT2D eigenvalue weighted by Crippen LogP contribution is 2.37. The smallest absolute Gasteiger partial charge is 0.221 e. The predicted molar refractivity (Wildman–Crippen MR) is 216 cm³/mol. The summed E-state index contributed by atoms with van der Waals surface area (Å²) in [7, 11) is 2.09. The number of hydrogen-bond acceptors (Lipinski definition) is 5. The van der Waals surface area contributed by atoms with E-state index in [1.165, 1.54) is 5.39 Å². The van der Waals surface area contributed by atoms with E-state index in [4.69, 9.17) is 20.0 Å². The van der Waals surface area contributed by atoms with Crippen molar-refractivity contribution in [3.05, 3.63) is 180 Å². The summed E-state index contributed by atoms with van der Waals surface area (Å²) in [4.78, 5) is 23.3. The van der Waals surface area contributed by atoms with Crippen LogP contribution in [-0.2, 0) is 0 Å². The minimum Gasteiger partial charge on any atom is -0.333 e. The van der Waals surface area contributed by atoms with Crippen LogP contribution in [0.1, 0.15) is 22.9 Å². The highest BCUT2D eigenvalue weighted by molar-refractivity contribution is 6.14. The van der Waals surface area contributed by atoms with E-state index in [-0.39, 0.29) is 6.17 Å². The Morgan fingerprint density at radius 3 is 2.08 bits per heavy atom. The number of nitrogens with zero attached hydrogens (tertiary/aromatic N) is 7. The van der Waals surface area contributed by atoms with Gasteiger partial charge >= 0.3 is 0 Å². The van der Waals surface area contributed by atoms with Crippen LogP contribution in [0.3, 0.4) is 0 Å². The van der Waals surface area contributed by atoms with E-state index in [0.29, 0.717) is 5.84 Å². The summed E-state index contributed by atoms with van der Waals surface area (Å²) in [5.74, 6) is 2.37. The van der Waals surface area contributed by atoms with E-state index in [9.17, 15) is 0 Å². The molecule has 0 saturated carbocycles. The van der Waals surface area contributed by atoms with E-state index in [2.05, 4.69) is 167 Å². The van der Waals surface area contributed by atoms with Crippen LogP contribution >= 0.6 is 0 Å². The average Bonchev–Trinajstić information content (AvgIpc) is 3.77. The van der Waals surface area contributed by atoms with Crippen LogP contribution in [-0.4, -0.2) is 42.6 Å². The Bertz CT molecular complexity index is 3150. The van der Waals surface area contributed by atoms with Gasteiger partial charge in [-0.25, -0.2) is 20.0 Å². The molecular formula is C46H31N7. The maximum Gasteiger partial charge on any atom is 0.221 e. The molecule has 0 aliphatic carbocycles. The van der Waals surface area contributed by atoms with Crippen molar-refractivity contribution in [3.63, 3.8) is 0 Å². The van der Waals surface area contributed by atoms with Gasteiger partial charge in [0.05, 0.1) is 27.6 Å². The largest absolute Gasteiger partial charge is 0.333 e. The number of aliphatic imine (C=N–C) groups is 2. The van der Waals surface area contributed by atoms with Crippen molar-refractivity contribution in [2.45, 2.75) is 6.17 Å². The van der Waals surface area contributed by atoms with Gasteiger partial charge in [0.15, 0.2) is 12.0 Å². The quantitative estimate of drug-likeness (QED) is 0.186. The third-order valence-electron chi connectivity index (χ3n) is 10.5. The van der Waals surface area contributed by atoms with Crippen molar-refractivity contribution in [3.8, 4) is 5.95 Å². The number of benzene rings is 7. The first kappa shape index (κ1) is 29.6. The standard InChI is InChI=1S/C46H31N7/c1-51-43(30-14-3-2-4-15-30)49-42(32-24-23-29-13-5-6-16-31(29)27-32)50-44(51)33-25-26-35-34-17-8-11-21-39(34)52(41(35)28-33)46-48-37-19-9-7-18-36(37)45-47-38-20-10-12-22-40(38)53(45)46/h2-28,44H,1H3. The van der Waals surface area contributed by atoms with Crippen LogP contribution in [0.4, 0.5) is 0 Å². The molecule has 0 saturated heterocycles. The third kappa shape index (κ3) is 4.54. The topological polar surface area (TPSA) is 63.1 Å². The zero-order valence-corrected chi connectivity index (χ0v) is 28.8. The second kappa shape index (κ2) is 11.4. The van der Waals surface area contributed by atoms with E-state index in [0.717, 1.165) is 83.2 Å². The molecule has 0 amide bonds. The number of fused-ring (bicyclic) bond motifs is 9. The molecule has 10 aromatic rings. The molecule has 3 aromatic heterocycles. The Morgan fingerprint density at radius 1 is 0.509 bits per heavy atom. The Hall–Kier alpha value is -7.12. The van der Waals surface area contributed by atoms with Gasteiger partial charge in [0, 0.05) is 34.3 Å². The number of aromatic nitrogens is 4. The summed E-state index contributed by atoms with van der Waals surface area (Å²) < 4.78 is 4.50.